The van der Waals surface area contributed by atoms with Crippen molar-refractivity contribution in [3.63, 3.8) is 0 Å². The third-order valence-electron chi connectivity index (χ3n) is 4.92. The molecular weight excluding hydrogens is 346 g/mol. The molecule has 0 radical (unpaired) electrons. The van der Waals surface area contributed by atoms with Crippen LogP contribution in [-0.2, 0) is 9.47 Å². The molecule has 2 atom stereocenters. The van der Waals surface area contributed by atoms with Crippen LogP contribution in [0.1, 0.15) is 100 Å². The summed E-state index contributed by atoms with van der Waals surface area (Å²) in [6, 6.07) is 0. The van der Waals surface area contributed by atoms with Crippen molar-refractivity contribution in [2.75, 3.05) is 13.2 Å². The van der Waals surface area contributed by atoms with Gasteiger partial charge in [0.05, 0.1) is 13.2 Å². The fraction of sp³-hybridized carbons (Fsp3) is 0.800. The minimum Gasteiger partial charge on any atom is -0.461 e. The number of aromatic nitrogens is 3. The Balaban J connectivity index is 2.58. The molecule has 0 amide bonds. The first kappa shape index (κ1) is 23.1. The van der Waals surface area contributed by atoms with Crippen molar-refractivity contribution in [3.05, 3.63) is 11.4 Å². The fourth-order valence-electron chi connectivity index (χ4n) is 2.84. The van der Waals surface area contributed by atoms with Crippen LogP contribution in [0, 0.1) is 11.8 Å². The summed E-state index contributed by atoms with van der Waals surface area (Å²) in [6.07, 6.45) is 8.35. The topological polar surface area (TPSA) is 94.2 Å². The van der Waals surface area contributed by atoms with Crippen LogP contribution in [0.2, 0.25) is 0 Å². The lowest BCUT2D eigenvalue weighted by molar-refractivity contribution is 0.0374. The van der Waals surface area contributed by atoms with Crippen molar-refractivity contribution in [2.24, 2.45) is 11.8 Å². The minimum absolute atomic E-state index is 0.105. The standard InChI is InChI=1S/C20H35N3O4/c1-5-9-11-15(7-3)13-26-19(24)17-18(22-23-21-17)20(25)27-14-16(8-4)12-10-6-2/h15-16H,5-14H2,1-4H3,(H,21,22,23). The third-order valence-corrected chi connectivity index (χ3v) is 4.92. The second-order valence-corrected chi connectivity index (χ2v) is 7.05. The summed E-state index contributed by atoms with van der Waals surface area (Å²) < 4.78 is 10.7. The smallest absolute Gasteiger partial charge is 0.361 e. The van der Waals surface area contributed by atoms with Gasteiger partial charge in [0.1, 0.15) is 0 Å². The average Bonchev–Trinajstić information content (AvgIpc) is 3.18. The normalized spacial score (nSPS) is 13.2. The van der Waals surface area contributed by atoms with Crippen molar-refractivity contribution in [2.45, 2.75) is 79.1 Å². The molecule has 27 heavy (non-hydrogen) atoms. The van der Waals surface area contributed by atoms with Crippen LogP contribution >= 0.6 is 0 Å². The summed E-state index contributed by atoms with van der Waals surface area (Å²) >= 11 is 0. The SMILES string of the molecule is CCCCC(CC)COC(=O)c1n[nH]nc1C(=O)OCC(CC)CCCC. The largest absolute Gasteiger partial charge is 0.461 e. The van der Waals surface area contributed by atoms with E-state index in [4.69, 9.17) is 9.47 Å². The van der Waals surface area contributed by atoms with E-state index in [0.29, 0.717) is 25.0 Å². The molecule has 0 aromatic carbocycles. The Labute approximate surface area is 162 Å². The molecule has 2 unspecified atom stereocenters. The zero-order chi connectivity index (χ0) is 20.1. The zero-order valence-corrected chi connectivity index (χ0v) is 17.3. The van der Waals surface area contributed by atoms with Crippen LogP contribution < -0.4 is 0 Å². The molecule has 0 saturated heterocycles. The summed E-state index contributed by atoms with van der Waals surface area (Å²) in [7, 11) is 0. The van der Waals surface area contributed by atoms with Crippen LogP contribution in [0.15, 0.2) is 0 Å². The molecule has 0 saturated carbocycles. The Bertz CT molecular complexity index is 513. The fourth-order valence-corrected chi connectivity index (χ4v) is 2.84. The maximum absolute atomic E-state index is 12.3. The lowest BCUT2D eigenvalue weighted by atomic mass is 10.0. The summed E-state index contributed by atoms with van der Waals surface area (Å²) in [6.45, 7) is 9.08. The molecule has 7 heteroatoms. The second kappa shape index (κ2) is 13.3. The predicted octanol–water partition coefficient (Wildman–Crippen LogP) is 4.55. The van der Waals surface area contributed by atoms with Gasteiger partial charge >= 0.3 is 11.9 Å². The summed E-state index contributed by atoms with van der Waals surface area (Å²) in [5.41, 5.74) is -0.209. The predicted molar refractivity (Wildman–Crippen MR) is 104 cm³/mol. The van der Waals surface area contributed by atoms with E-state index in [0.717, 1.165) is 51.4 Å². The molecule has 0 bridgehead atoms. The van der Waals surface area contributed by atoms with E-state index in [-0.39, 0.29) is 11.4 Å². The lowest BCUT2D eigenvalue weighted by Gasteiger charge is -2.15. The number of nitrogens with zero attached hydrogens (tertiary/aromatic N) is 2. The molecule has 1 N–H and O–H groups in total. The first-order valence-electron chi connectivity index (χ1n) is 10.3. The van der Waals surface area contributed by atoms with Crippen molar-refractivity contribution in [1.29, 1.82) is 0 Å². The first-order chi connectivity index (χ1) is 13.1. The van der Waals surface area contributed by atoms with Gasteiger partial charge in [0.15, 0.2) is 0 Å². The van der Waals surface area contributed by atoms with E-state index >= 15 is 0 Å². The molecule has 1 rings (SSSR count). The van der Waals surface area contributed by atoms with Gasteiger partial charge in [0.25, 0.3) is 0 Å². The lowest BCUT2D eigenvalue weighted by Crippen LogP contribution is -2.19. The quantitative estimate of drug-likeness (QED) is 0.475. The van der Waals surface area contributed by atoms with Crippen molar-refractivity contribution >= 4 is 11.9 Å². The van der Waals surface area contributed by atoms with Crippen LogP contribution in [0.3, 0.4) is 0 Å². The molecule has 1 aromatic rings. The highest BCUT2D eigenvalue weighted by molar-refractivity contribution is 6.00. The van der Waals surface area contributed by atoms with E-state index in [2.05, 4.69) is 43.1 Å². The molecule has 0 fully saturated rings. The van der Waals surface area contributed by atoms with E-state index in [1.54, 1.807) is 0 Å². The van der Waals surface area contributed by atoms with Gasteiger partial charge in [-0.3, -0.25) is 0 Å². The van der Waals surface area contributed by atoms with E-state index in [1.807, 2.05) is 0 Å². The Morgan fingerprint density at radius 3 is 1.56 bits per heavy atom. The van der Waals surface area contributed by atoms with Crippen molar-refractivity contribution < 1.29 is 19.1 Å². The number of carbonyl (C=O) groups is 2. The van der Waals surface area contributed by atoms with Crippen LogP contribution in [0.4, 0.5) is 0 Å². The Morgan fingerprint density at radius 2 is 1.22 bits per heavy atom. The number of nitrogens with one attached hydrogen (secondary N) is 1. The van der Waals surface area contributed by atoms with Crippen molar-refractivity contribution in [3.8, 4) is 0 Å². The number of esters is 2. The molecule has 154 valence electrons. The number of ether oxygens (including phenoxy) is 2. The number of unbranched alkanes of at least 4 members (excludes halogenated alkanes) is 2. The van der Waals surface area contributed by atoms with Crippen LogP contribution in [0.25, 0.3) is 0 Å². The molecule has 0 spiro atoms. The van der Waals surface area contributed by atoms with Crippen LogP contribution in [-0.4, -0.2) is 40.6 Å². The van der Waals surface area contributed by atoms with Gasteiger partial charge in [-0.15, -0.1) is 10.2 Å². The molecule has 0 aliphatic rings. The number of carbonyl (C=O) groups excluding carboxylic acids is 2. The maximum Gasteiger partial charge on any atom is 0.361 e. The number of rotatable bonds is 14. The van der Waals surface area contributed by atoms with Gasteiger partial charge in [0.2, 0.25) is 11.4 Å². The van der Waals surface area contributed by atoms with E-state index < -0.39 is 11.9 Å². The minimum atomic E-state index is -0.635. The molecule has 7 nitrogen and oxygen atoms in total. The van der Waals surface area contributed by atoms with Gasteiger partial charge in [-0.05, 0) is 24.7 Å². The molecule has 0 aliphatic carbocycles. The number of aromatic amines is 1. The van der Waals surface area contributed by atoms with Crippen LogP contribution in [0.5, 0.6) is 0 Å². The van der Waals surface area contributed by atoms with E-state index in [1.165, 1.54) is 0 Å². The summed E-state index contributed by atoms with van der Waals surface area (Å²) in [4.78, 5) is 24.6. The van der Waals surface area contributed by atoms with Gasteiger partial charge < -0.3 is 9.47 Å². The number of hydrogen-bond acceptors (Lipinski definition) is 6. The average molecular weight is 382 g/mol. The highest BCUT2D eigenvalue weighted by Gasteiger charge is 2.26. The zero-order valence-electron chi connectivity index (χ0n) is 17.3. The third kappa shape index (κ3) is 8.10. The molecule has 1 aromatic heterocycles. The van der Waals surface area contributed by atoms with E-state index in [9.17, 15) is 9.59 Å². The monoisotopic (exact) mass is 381 g/mol. The Hall–Kier alpha value is -1.92. The summed E-state index contributed by atoms with van der Waals surface area (Å²) in [5.74, 6) is -0.632. The highest BCUT2D eigenvalue weighted by atomic mass is 16.5. The Kier molecular flexibility index (Phi) is 11.4. The van der Waals surface area contributed by atoms with Gasteiger partial charge in [-0.1, -0.05) is 66.2 Å². The molecule has 1 heterocycles. The number of hydrogen-bond donors (Lipinski definition) is 1. The molecule has 0 aliphatic heterocycles. The van der Waals surface area contributed by atoms with Crippen molar-refractivity contribution in [1.82, 2.24) is 15.4 Å². The van der Waals surface area contributed by atoms with Gasteiger partial charge in [0, 0.05) is 0 Å². The Morgan fingerprint density at radius 1 is 0.815 bits per heavy atom. The second-order valence-electron chi connectivity index (χ2n) is 7.05. The van der Waals surface area contributed by atoms with Gasteiger partial charge in [-0.25, -0.2) is 9.59 Å². The maximum atomic E-state index is 12.3. The molecular formula is C20H35N3O4. The first-order valence-corrected chi connectivity index (χ1v) is 10.3. The number of H-pyrrole nitrogens is 1. The summed E-state index contributed by atoms with van der Waals surface area (Å²) in [5, 5.41) is 9.91. The van der Waals surface area contributed by atoms with Gasteiger partial charge in [-0.2, -0.15) is 5.21 Å². The highest BCUT2D eigenvalue weighted by Crippen LogP contribution is 2.16.